The average Bonchev–Trinajstić information content (AvgIpc) is 2.88. The van der Waals surface area contributed by atoms with Gasteiger partial charge in [0.1, 0.15) is 6.04 Å². The van der Waals surface area contributed by atoms with Crippen molar-refractivity contribution in [2.75, 3.05) is 25.9 Å². The molecule has 1 aliphatic heterocycles. The highest BCUT2D eigenvalue weighted by molar-refractivity contribution is 7.89. The van der Waals surface area contributed by atoms with Gasteiger partial charge in [-0.15, -0.1) is 0 Å². The third kappa shape index (κ3) is 6.76. The first-order valence-corrected chi connectivity index (χ1v) is 9.02. The van der Waals surface area contributed by atoms with Gasteiger partial charge in [0.05, 0.1) is 6.26 Å². The number of carbonyl (C=O) groups is 1. The predicted octanol–water partition coefficient (Wildman–Crippen LogP) is -1.03. The van der Waals surface area contributed by atoms with Crippen LogP contribution in [0.4, 0.5) is 0 Å². The van der Waals surface area contributed by atoms with E-state index in [-0.39, 0.29) is 11.9 Å². The largest absolute Gasteiger partial charge is 0.369 e. The highest BCUT2D eigenvalue weighted by atomic mass is 32.2. The molecule has 8 nitrogen and oxygen atoms in total. The number of aliphatic imine (C=N–C) groups is 1. The highest BCUT2D eigenvalue weighted by Gasteiger charge is 2.26. The van der Waals surface area contributed by atoms with E-state index in [4.69, 9.17) is 11.5 Å². The minimum atomic E-state index is -3.49. The second kappa shape index (κ2) is 8.18. The Balaban J connectivity index is 2.75. The minimum Gasteiger partial charge on any atom is -0.369 e. The fourth-order valence-corrected chi connectivity index (χ4v) is 2.69. The molecule has 1 heterocycles. The van der Waals surface area contributed by atoms with Crippen molar-refractivity contribution in [1.82, 2.24) is 9.62 Å². The predicted molar refractivity (Wildman–Crippen MR) is 82.1 cm³/mol. The van der Waals surface area contributed by atoms with Crippen LogP contribution in [0.5, 0.6) is 0 Å². The molecule has 0 spiro atoms. The van der Waals surface area contributed by atoms with Crippen LogP contribution in [0.15, 0.2) is 4.99 Å². The minimum absolute atomic E-state index is 0.0947. The van der Waals surface area contributed by atoms with E-state index in [1.165, 1.54) is 0 Å². The Kier molecular flexibility index (Phi) is 6.90. The topological polar surface area (TPSA) is 131 Å². The fraction of sp³-hybridized carbons (Fsp3) is 0.833. The molecule has 0 aromatic rings. The van der Waals surface area contributed by atoms with Crippen LogP contribution in [-0.4, -0.2) is 57.1 Å². The van der Waals surface area contributed by atoms with Crippen LogP contribution in [-0.2, 0) is 14.8 Å². The lowest BCUT2D eigenvalue weighted by Crippen LogP contribution is -2.41. The van der Waals surface area contributed by atoms with Gasteiger partial charge >= 0.3 is 0 Å². The normalized spacial score (nSPS) is 17.8. The Morgan fingerprint density at radius 3 is 2.48 bits per heavy atom. The summed E-state index contributed by atoms with van der Waals surface area (Å²) >= 11 is 0. The van der Waals surface area contributed by atoms with Crippen molar-refractivity contribution >= 4 is 21.9 Å². The van der Waals surface area contributed by atoms with Gasteiger partial charge in [0.2, 0.25) is 21.9 Å². The Labute approximate surface area is 126 Å². The maximum absolute atomic E-state index is 12.4. The molecule has 0 aromatic heterocycles. The molecule has 1 unspecified atom stereocenters. The number of sulfonamides is 1. The number of hydrogen-bond donors (Lipinski definition) is 3. The summed E-state index contributed by atoms with van der Waals surface area (Å²) in [5, 5.41) is 0. The number of rotatable bonds is 7. The first-order chi connectivity index (χ1) is 9.83. The summed E-state index contributed by atoms with van der Waals surface area (Å²) < 4.78 is 24.3. The van der Waals surface area contributed by atoms with E-state index in [2.05, 4.69) is 9.71 Å². The van der Waals surface area contributed by atoms with Crippen LogP contribution in [0, 0.1) is 0 Å². The number of carbonyl (C=O) groups excluding carboxylic acids is 1. The number of nitrogens with zero attached hydrogens (tertiary/aromatic N) is 2. The van der Waals surface area contributed by atoms with E-state index in [1.54, 1.807) is 4.90 Å². The standard InChI is InChI=1S/C12H25N5O3S/c1-21(19,20)16-12(14)15-10(6-2-3-7-13)11(18)17-8-4-5-9-17/h10H,2-9,13H2,1H3,(H3,14,15,16). The first-order valence-electron chi connectivity index (χ1n) is 7.13. The van der Waals surface area contributed by atoms with Gasteiger partial charge in [0, 0.05) is 13.1 Å². The first kappa shape index (κ1) is 17.7. The third-order valence-corrected chi connectivity index (χ3v) is 3.80. The Hall–Kier alpha value is -1.35. The second-order valence-electron chi connectivity index (χ2n) is 5.22. The number of amides is 1. The van der Waals surface area contributed by atoms with Gasteiger partial charge in [-0.25, -0.2) is 13.4 Å². The third-order valence-electron chi connectivity index (χ3n) is 3.22. The molecule has 1 atom stereocenters. The zero-order valence-corrected chi connectivity index (χ0v) is 13.2. The lowest BCUT2D eigenvalue weighted by Gasteiger charge is -2.21. The SMILES string of the molecule is CS(=O)(=O)NC(N)=NC(CCCCN)C(=O)N1CCCC1. The van der Waals surface area contributed by atoms with E-state index < -0.39 is 16.1 Å². The Morgan fingerprint density at radius 1 is 1.33 bits per heavy atom. The number of hydrogen-bond acceptors (Lipinski definition) is 5. The fourth-order valence-electron chi connectivity index (χ4n) is 2.26. The number of nitrogens with two attached hydrogens (primary N) is 2. The summed E-state index contributed by atoms with van der Waals surface area (Å²) in [4.78, 5) is 18.2. The Morgan fingerprint density at radius 2 is 1.95 bits per heavy atom. The monoisotopic (exact) mass is 319 g/mol. The van der Waals surface area contributed by atoms with E-state index >= 15 is 0 Å². The maximum Gasteiger partial charge on any atom is 0.247 e. The number of likely N-dealkylation sites (tertiary alicyclic amines) is 1. The summed E-state index contributed by atoms with van der Waals surface area (Å²) in [5.41, 5.74) is 11.0. The van der Waals surface area contributed by atoms with Crippen molar-refractivity contribution in [3.63, 3.8) is 0 Å². The molecule has 0 aromatic carbocycles. The lowest BCUT2D eigenvalue weighted by molar-refractivity contribution is -0.131. The smallest absolute Gasteiger partial charge is 0.247 e. The number of guanidine groups is 1. The quantitative estimate of drug-likeness (QED) is 0.314. The molecule has 122 valence electrons. The molecule has 0 bridgehead atoms. The van der Waals surface area contributed by atoms with E-state index in [0.717, 1.165) is 45.0 Å². The highest BCUT2D eigenvalue weighted by Crippen LogP contribution is 2.14. The molecule has 5 N–H and O–H groups in total. The molecule has 1 rings (SSSR count). The van der Waals surface area contributed by atoms with Crippen molar-refractivity contribution in [2.45, 2.75) is 38.1 Å². The van der Waals surface area contributed by atoms with Crippen LogP contribution < -0.4 is 16.2 Å². The van der Waals surface area contributed by atoms with Gasteiger partial charge in [-0.3, -0.25) is 9.52 Å². The molecule has 9 heteroatoms. The maximum atomic E-state index is 12.4. The summed E-state index contributed by atoms with van der Waals surface area (Å²) in [5.74, 6) is -0.342. The van der Waals surface area contributed by atoms with Crippen molar-refractivity contribution in [3.05, 3.63) is 0 Å². The Bertz CT molecular complexity index is 471. The van der Waals surface area contributed by atoms with Gasteiger partial charge in [-0.05, 0) is 38.6 Å². The molecule has 0 aliphatic carbocycles. The van der Waals surface area contributed by atoms with Gasteiger partial charge in [-0.2, -0.15) is 0 Å². The van der Waals surface area contributed by atoms with Gasteiger partial charge in [0.15, 0.2) is 0 Å². The zero-order valence-electron chi connectivity index (χ0n) is 12.4. The summed E-state index contributed by atoms with van der Waals surface area (Å²) in [6.45, 7) is 1.99. The summed E-state index contributed by atoms with van der Waals surface area (Å²) in [7, 11) is -3.49. The van der Waals surface area contributed by atoms with Gasteiger partial charge in [-0.1, -0.05) is 0 Å². The van der Waals surface area contributed by atoms with Gasteiger partial charge in [0.25, 0.3) is 0 Å². The molecule has 0 radical (unpaired) electrons. The van der Waals surface area contributed by atoms with Crippen LogP contribution in [0.1, 0.15) is 32.1 Å². The molecule has 1 aliphatic rings. The molecule has 21 heavy (non-hydrogen) atoms. The van der Waals surface area contributed by atoms with E-state index in [9.17, 15) is 13.2 Å². The van der Waals surface area contributed by atoms with E-state index in [0.29, 0.717) is 13.0 Å². The van der Waals surface area contributed by atoms with Crippen molar-refractivity contribution in [1.29, 1.82) is 0 Å². The van der Waals surface area contributed by atoms with Crippen LogP contribution in [0.2, 0.25) is 0 Å². The van der Waals surface area contributed by atoms with Crippen molar-refractivity contribution in [3.8, 4) is 0 Å². The second-order valence-corrected chi connectivity index (χ2v) is 6.97. The average molecular weight is 319 g/mol. The summed E-state index contributed by atoms with van der Waals surface area (Å²) in [6, 6.07) is -0.649. The van der Waals surface area contributed by atoms with Crippen molar-refractivity contribution < 1.29 is 13.2 Å². The van der Waals surface area contributed by atoms with E-state index in [1.807, 2.05) is 0 Å². The molecule has 1 amide bonds. The van der Waals surface area contributed by atoms with Gasteiger partial charge < -0.3 is 16.4 Å². The molecule has 1 saturated heterocycles. The lowest BCUT2D eigenvalue weighted by atomic mass is 10.1. The molecule has 1 fully saturated rings. The van der Waals surface area contributed by atoms with Crippen LogP contribution in [0.25, 0.3) is 0 Å². The van der Waals surface area contributed by atoms with Crippen LogP contribution >= 0.6 is 0 Å². The molecular formula is C12H25N5O3S. The zero-order chi connectivity index (χ0) is 15.9. The molecular weight excluding hydrogens is 294 g/mol. The van der Waals surface area contributed by atoms with Crippen LogP contribution in [0.3, 0.4) is 0 Å². The number of nitrogens with one attached hydrogen (secondary N) is 1. The number of unbranched alkanes of at least 4 members (excludes halogenated alkanes) is 1. The van der Waals surface area contributed by atoms with Crippen molar-refractivity contribution in [2.24, 2.45) is 16.5 Å². The molecule has 0 saturated carbocycles. The summed E-state index contributed by atoms with van der Waals surface area (Å²) in [6.07, 6.45) is 5.01.